The molecule has 0 saturated heterocycles. The monoisotopic (exact) mass is 616 g/mol. The van der Waals surface area contributed by atoms with Crippen molar-refractivity contribution in [2.45, 2.75) is 78.1 Å². The maximum absolute atomic E-state index is 13.5. The summed E-state index contributed by atoms with van der Waals surface area (Å²) in [5.74, 6) is 7.70. The van der Waals surface area contributed by atoms with E-state index in [0.717, 1.165) is 58.8 Å². The zero-order valence-corrected chi connectivity index (χ0v) is 27.6. The summed E-state index contributed by atoms with van der Waals surface area (Å²) in [4.78, 5) is 13.5. The highest BCUT2D eigenvalue weighted by molar-refractivity contribution is 5.99. The molecule has 0 bridgehead atoms. The summed E-state index contributed by atoms with van der Waals surface area (Å²) in [5, 5.41) is 0. The van der Waals surface area contributed by atoms with Crippen LogP contribution in [0.5, 0.6) is 11.5 Å². The number of rotatable bonds is 18. The Labute approximate surface area is 276 Å². The van der Waals surface area contributed by atoms with Gasteiger partial charge in [0.1, 0.15) is 11.5 Å². The van der Waals surface area contributed by atoms with E-state index in [-0.39, 0.29) is 5.97 Å². The number of ether oxygens (including phenoxy) is 3. The van der Waals surface area contributed by atoms with Gasteiger partial charge in [0.2, 0.25) is 0 Å². The number of esters is 1. The summed E-state index contributed by atoms with van der Waals surface area (Å²) in [7, 11) is 0. The van der Waals surface area contributed by atoms with Crippen molar-refractivity contribution in [3.8, 4) is 45.6 Å². The second-order valence-corrected chi connectivity index (χ2v) is 11.5. The highest BCUT2D eigenvalue weighted by Crippen LogP contribution is 2.32. The van der Waals surface area contributed by atoms with Gasteiger partial charge < -0.3 is 14.2 Å². The molecule has 0 spiro atoms. The number of hydrogen-bond acceptors (Lipinski definition) is 4. The Morgan fingerprint density at radius 3 is 1.78 bits per heavy atom. The van der Waals surface area contributed by atoms with Crippen LogP contribution in [0.4, 0.5) is 0 Å². The molecule has 0 amide bonds. The van der Waals surface area contributed by atoms with Gasteiger partial charge in [-0.25, -0.2) is 4.79 Å². The fourth-order valence-electron chi connectivity index (χ4n) is 5.15. The molecule has 4 rings (SSSR count). The van der Waals surface area contributed by atoms with Crippen molar-refractivity contribution in [3.05, 3.63) is 108 Å². The molecular weight excluding hydrogens is 568 g/mol. The minimum absolute atomic E-state index is 0.307. The lowest BCUT2D eigenvalue weighted by molar-refractivity contribution is 0.0503. The molecule has 0 unspecified atom stereocenters. The lowest BCUT2D eigenvalue weighted by Gasteiger charge is -2.14. The first-order valence-corrected chi connectivity index (χ1v) is 17.0. The summed E-state index contributed by atoms with van der Waals surface area (Å²) in [5.41, 5.74) is 5.27. The molecule has 4 aromatic carbocycles. The third kappa shape index (κ3) is 11.5. The first-order valence-electron chi connectivity index (χ1n) is 17.0. The van der Waals surface area contributed by atoms with Crippen LogP contribution in [-0.4, -0.2) is 25.8 Å². The summed E-state index contributed by atoms with van der Waals surface area (Å²) in [6.45, 7) is 6.16. The van der Waals surface area contributed by atoms with Crippen LogP contribution >= 0.6 is 0 Å². The van der Waals surface area contributed by atoms with Gasteiger partial charge in [0.25, 0.3) is 0 Å². The molecule has 4 heteroatoms. The molecule has 0 heterocycles. The van der Waals surface area contributed by atoms with Crippen LogP contribution in [0.2, 0.25) is 0 Å². The Bertz CT molecular complexity index is 1510. The molecule has 0 aromatic heterocycles. The Hall–Kier alpha value is -4.49. The predicted octanol–water partition coefficient (Wildman–Crippen LogP) is 10.9. The molecule has 4 aromatic rings. The average molecular weight is 617 g/mol. The van der Waals surface area contributed by atoms with E-state index in [1.807, 2.05) is 91.0 Å². The van der Waals surface area contributed by atoms with Crippen LogP contribution in [0.3, 0.4) is 0 Å². The fraction of sp³-hybridized carbons (Fsp3) is 0.357. The van der Waals surface area contributed by atoms with E-state index in [9.17, 15) is 4.79 Å². The molecule has 46 heavy (non-hydrogen) atoms. The number of carbonyl (C=O) groups is 1. The van der Waals surface area contributed by atoms with Crippen molar-refractivity contribution in [3.63, 3.8) is 0 Å². The molecule has 0 atom stereocenters. The molecule has 0 aliphatic rings. The molecule has 4 nitrogen and oxygen atoms in total. The quantitative estimate of drug-likeness (QED) is 0.0634. The maximum Gasteiger partial charge on any atom is 0.338 e. The van der Waals surface area contributed by atoms with E-state index in [2.05, 4.69) is 31.8 Å². The predicted molar refractivity (Wildman–Crippen MR) is 189 cm³/mol. The molecule has 0 aliphatic carbocycles. The third-order valence-electron chi connectivity index (χ3n) is 7.81. The summed E-state index contributed by atoms with van der Waals surface area (Å²) in [6.07, 6.45) is 10.7. The van der Waals surface area contributed by atoms with E-state index in [4.69, 9.17) is 14.2 Å². The van der Waals surface area contributed by atoms with Gasteiger partial charge in [-0.1, -0.05) is 119 Å². The van der Waals surface area contributed by atoms with E-state index in [0.29, 0.717) is 31.6 Å². The normalized spacial score (nSPS) is 10.6. The largest absolute Gasteiger partial charge is 0.494 e. The Morgan fingerprint density at radius 1 is 0.587 bits per heavy atom. The Kier molecular flexibility index (Phi) is 14.8. The van der Waals surface area contributed by atoms with Crippen molar-refractivity contribution in [2.75, 3.05) is 19.8 Å². The zero-order chi connectivity index (χ0) is 32.2. The van der Waals surface area contributed by atoms with Crippen molar-refractivity contribution < 1.29 is 19.0 Å². The van der Waals surface area contributed by atoms with Crippen molar-refractivity contribution >= 4 is 5.97 Å². The number of carbonyl (C=O) groups excluding carboxylic acids is 1. The third-order valence-corrected chi connectivity index (χ3v) is 7.81. The van der Waals surface area contributed by atoms with Crippen LogP contribution < -0.4 is 9.47 Å². The van der Waals surface area contributed by atoms with Crippen molar-refractivity contribution in [1.82, 2.24) is 0 Å². The number of benzene rings is 4. The SMILES string of the molecule is CCCCCCOc1ccc(-c2ccc(-c3ccc(OCCCCCC)cc3)c(C(=O)OCCCC#Cc3ccccc3)c2)cc1. The average Bonchev–Trinajstić information content (AvgIpc) is 3.10. The lowest BCUT2D eigenvalue weighted by atomic mass is 9.95. The number of unbranched alkanes of at least 4 members (excludes halogenated alkanes) is 7. The molecule has 240 valence electrons. The molecule has 0 aliphatic heterocycles. The van der Waals surface area contributed by atoms with Gasteiger partial charge in [-0.3, -0.25) is 0 Å². The topological polar surface area (TPSA) is 44.8 Å². The Balaban J connectivity index is 1.45. The molecular formula is C42H48O4. The summed E-state index contributed by atoms with van der Waals surface area (Å²) >= 11 is 0. The second kappa shape index (κ2) is 19.8. The smallest absolute Gasteiger partial charge is 0.338 e. The molecule has 0 N–H and O–H groups in total. The van der Waals surface area contributed by atoms with Crippen LogP contribution in [0.15, 0.2) is 97.1 Å². The zero-order valence-electron chi connectivity index (χ0n) is 27.6. The van der Waals surface area contributed by atoms with Crippen LogP contribution in [0.25, 0.3) is 22.3 Å². The first kappa shape index (κ1) is 34.4. The van der Waals surface area contributed by atoms with Gasteiger partial charge in [-0.05, 0) is 84.0 Å². The van der Waals surface area contributed by atoms with E-state index in [1.54, 1.807) is 0 Å². The molecule has 0 saturated carbocycles. The van der Waals surface area contributed by atoms with Gasteiger partial charge in [0.15, 0.2) is 0 Å². The van der Waals surface area contributed by atoms with Gasteiger partial charge >= 0.3 is 5.97 Å². The van der Waals surface area contributed by atoms with Gasteiger partial charge in [-0.2, -0.15) is 0 Å². The van der Waals surface area contributed by atoms with E-state index in [1.165, 1.54) is 38.5 Å². The summed E-state index contributed by atoms with van der Waals surface area (Å²) < 4.78 is 17.7. The second-order valence-electron chi connectivity index (χ2n) is 11.5. The van der Waals surface area contributed by atoms with Gasteiger partial charge in [-0.15, -0.1) is 0 Å². The summed E-state index contributed by atoms with van der Waals surface area (Å²) in [6, 6.07) is 32.0. The van der Waals surface area contributed by atoms with Crippen LogP contribution in [0, 0.1) is 11.8 Å². The van der Waals surface area contributed by atoms with Crippen LogP contribution in [-0.2, 0) is 4.74 Å². The minimum Gasteiger partial charge on any atom is -0.494 e. The van der Waals surface area contributed by atoms with Crippen LogP contribution in [0.1, 0.15) is 94.0 Å². The Morgan fingerprint density at radius 2 is 1.17 bits per heavy atom. The van der Waals surface area contributed by atoms with Crippen molar-refractivity contribution in [2.24, 2.45) is 0 Å². The molecule has 0 radical (unpaired) electrons. The number of hydrogen-bond donors (Lipinski definition) is 0. The minimum atomic E-state index is -0.337. The van der Waals surface area contributed by atoms with Gasteiger partial charge in [0.05, 0.1) is 25.4 Å². The van der Waals surface area contributed by atoms with E-state index >= 15 is 0 Å². The van der Waals surface area contributed by atoms with E-state index < -0.39 is 0 Å². The van der Waals surface area contributed by atoms with Gasteiger partial charge in [0, 0.05) is 12.0 Å². The first-order chi connectivity index (χ1) is 22.7. The lowest BCUT2D eigenvalue weighted by Crippen LogP contribution is -2.08. The standard InChI is InChI=1S/C42H48O4/c1-3-5-7-14-30-44-38-25-20-35(21-26-38)37-24-29-40(36-22-27-39(28-23-36)45-31-15-8-6-4-2)41(33-37)42(43)46-32-16-10-13-19-34-17-11-9-12-18-34/h9,11-12,17-18,20-29,33H,3-8,10,14-16,30-32H2,1-2H3. The molecule has 0 fully saturated rings. The highest BCUT2D eigenvalue weighted by Gasteiger charge is 2.16. The highest BCUT2D eigenvalue weighted by atomic mass is 16.5. The fourth-order valence-corrected chi connectivity index (χ4v) is 5.15. The maximum atomic E-state index is 13.5. The van der Waals surface area contributed by atoms with Crippen molar-refractivity contribution in [1.29, 1.82) is 0 Å².